The van der Waals surface area contributed by atoms with Crippen LogP contribution in [0.4, 0.5) is 11.5 Å². The van der Waals surface area contributed by atoms with Crippen LogP contribution in [0.5, 0.6) is 0 Å². The van der Waals surface area contributed by atoms with E-state index in [0.717, 1.165) is 17.2 Å². The Morgan fingerprint density at radius 1 is 0.909 bits per heavy atom. The highest BCUT2D eigenvalue weighted by Crippen LogP contribution is 2.28. The van der Waals surface area contributed by atoms with Gasteiger partial charge in [0, 0.05) is 18.0 Å². The molecule has 22 heavy (non-hydrogen) atoms. The third-order valence-electron chi connectivity index (χ3n) is 4.11. The molecule has 1 heterocycles. The Bertz CT molecular complexity index is 775. The van der Waals surface area contributed by atoms with Crippen LogP contribution in [-0.4, -0.2) is 9.78 Å². The molecule has 0 saturated carbocycles. The molecule has 1 radical (unpaired) electrons. The third kappa shape index (κ3) is 2.62. The standard InChI is InChI=1S/C19H20N3/c1-13-12-14(2)16(4)19(15(13)3)20-18-10-11-22(21-18)17-8-6-5-7-9-17/h5-11H,1-4H3,(H,20,21). The summed E-state index contributed by atoms with van der Waals surface area (Å²) in [4.78, 5) is 0. The smallest absolute Gasteiger partial charge is 0.152 e. The second kappa shape index (κ2) is 5.68. The molecule has 0 atom stereocenters. The van der Waals surface area contributed by atoms with Crippen molar-refractivity contribution in [3.63, 3.8) is 0 Å². The zero-order valence-electron chi connectivity index (χ0n) is 13.4. The molecule has 111 valence electrons. The summed E-state index contributed by atoms with van der Waals surface area (Å²) in [6, 6.07) is 15.5. The molecule has 0 aliphatic heterocycles. The Morgan fingerprint density at radius 2 is 1.55 bits per heavy atom. The van der Waals surface area contributed by atoms with Gasteiger partial charge in [0.1, 0.15) is 0 Å². The predicted octanol–water partition coefficient (Wildman–Crippen LogP) is 4.65. The summed E-state index contributed by atoms with van der Waals surface area (Å²) in [5.74, 6) is 0.847. The normalized spacial score (nSPS) is 10.7. The molecule has 3 heteroatoms. The predicted molar refractivity (Wildman–Crippen MR) is 91.1 cm³/mol. The molecular weight excluding hydrogens is 270 g/mol. The minimum atomic E-state index is 0.847. The molecule has 3 nitrogen and oxygen atoms in total. The Labute approximate surface area is 131 Å². The molecule has 0 amide bonds. The van der Waals surface area contributed by atoms with Crippen molar-refractivity contribution in [3.05, 3.63) is 70.9 Å². The molecule has 0 aliphatic carbocycles. The highest BCUT2D eigenvalue weighted by atomic mass is 15.3. The molecule has 0 aliphatic rings. The van der Waals surface area contributed by atoms with E-state index in [1.165, 1.54) is 22.3 Å². The fourth-order valence-electron chi connectivity index (χ4n) is 2.56. The summed E-state index contributed by atoms with van der Waals surface area (Å²) in [6.45, 7) is 8.43. The van der Waals surface area contributed by atoms with E-state index in [4.69, 9.17) is 0 Å². The van der Waals surface area contributed by atoms with Crippen molar-refractivity contribution in [2.45, 2.75) is 27.7 Å². The minimum Gasteiger partial charge on any atom is -0.338 e. The maximum atomic E-state index is 4.61. The number of anilines is 2. The molecule has 3 aromatic rings. The van der Waals surface area contributed by atoms with Gasteiger partial charge in [-0.15, -0.1) is 0 Å². The SMILES string of the molecule is Cc1[c]c(C)c(C)c(Nc2ccn(-c3ccccc3)n2)c1C. The molecule has 2 aromatic carbocycles. The van der Waals surface area contributed by atoms with Gasteiger partial charge in [-0.25, -0.2) is 4.68 Å². The van der Waals surface area contributed by atoms with Crippen LogP contribution in [0, 0.1) is 33.8 Å². The number of nitrogens with one attached hydrogen (secondary N) is 1. The number of aryl methyl sites for hydroxylation is 2. The number of hydrogen-bond donors (Lipinski definition) is 1. The summed E-state index contributed by atoms with van der Waals surface area (Å²) in [5, 5.41) is 8.07. The maximum absolute atomic E-state index is 4.61. The third-order valence-corrected chi connectivity index (χ3v) is 4.11. The van der Waals surface area contributed by atoms with E-state index in [1.54, 1.807) is 0 Å². The monoisotopic (exact) mass is 290 g/mol. The number of rotatable bonds is 3. The first-order chi connectivity index (χ1) is 10.6. The van der Waals surface area contributed by atoms with Crippen molar-refractivity contribution >= 4 is 11.5 Å². The van der Waals surface area contributed by atoms with E-state index in [-0.39, 0.29) is 0 Å². The van der Waals surface area contributed by atoms with E-state index in [0.29, 0.717) is 0 Å². The van der Waals surface area contributed by atoms with Crippen LogP contribution in [-0.2, 0) is 0 Å². The molecule has 1 N–H and O–H groups in total. The zero-order chi connectivity index (χ0) is 15.7. The van der Waals surface area contributed by atoms with Gasteiger partial charge >= 0.3 is 0 Å². The topological polar surface area (TPSA) is 29.9 Å². The van der Waals surface area contributed by atoms with Crippen molar-refractivity contribution in [2.24, 2.45) is 0 Å². The van der Waals surface area contributed by atoms with Crippen molar-refractivity contribution in [3.8, 4) is 5.69 Å². The van der Waals surface area contributed by atoms with Gasteiger partial charge in [-0.2, -0.15) is 5.10 Å². The fraction of sp³-hybridized carbons (Fsp3) is 0.211. The van der Waals surface area contributed by atoms with Crippen LogP contribution in [0.1, 0.15) is 22.3 Å². The van der Waals surface area contributed by atoms with Crippen molar-refractivity contribution in [1.82, 2.24) is 9.78 Å². The highest BCUT2D eigenvalue weighted by molar-refractivity contribution is 5.67. The van der Waals surface area contributed by atoms with Gasteiger partial charge in [0.2, 0.25) is 0 Å². The van der Waals surface area contributed by atoms with Crippen molar-refractivity contribution in [2.75, 3.05) is 5.32 Å². The summed E-state index contributed by atoms with van der Waals surface area (Å²) < 4.78 is 1.88. The Kier molecular flexibility index (Phi) is 3.72. The van der Waals surface area contributed by atoms with E-state index in [9.17, 15) is 0 Å². The van der Waals surface area contributed by atoms with Gasteiger partial charge in [-0.1, -0.05) is 18.2 Å². The number of para-hydroxylation sites is 1. The lowest BCUT2D eigenvalue weighted by molar-refractivity contribution is 0.884. The molecular formula is C19H20N3. The Balaban J connectivity index is 1.94. The van der Waals surface area contributed by atoms with E-state index in [2.05, 4.69) is 44.2 Å². The molecule has 0 bridgehead atoms. The first kappa shape index (κ1) is 14.4. The quantitative estimate of drug-likeness (QED) is 0.761. The number of hydrogen-bond acceptors (Lipinski definition) is 2. The molecule has 3 rings (SSSR count). The van der Waals surface area contributed by atoms with Gasteiger partial charge < -0.3 is 5.32 Å². The summed E-state index contributed by atoms with van der Waals surface area (Å²) in [6.07, 6.45) is 1.97. The highest BCUT2D eigenvalue weighted by Gasteiger charge is 2.10. The van der Waals surface area contributed by atoms with Crippen LogP contribution in [0.3, 0.4) is 0 Å². The van der Waals surface area contributed by atoms with Crippen LogP contribution in [0.2, 0.25) is 0 Å². The number of aromatic nitrogens is 2. The minimum absolute atomic E-state index is 0.847. The lowest BCUT2D eigenvalue weighted by Gasteiger charge is -2.15. The first-order valence-electron chi connectivity index (χ1n) is 7.44. The van der Waals surface area contributed by atoms with Gasteiger partial charge in [-0.05, 0) is 68.1 Å². The zero-order valence-corrected chi connectivity index (χ0v) is 13.4. The van der Waals surface area contributed by atoms with Crippen LogP contribution in [0.25, 0.3) is 5.69 Å². The van der Waals surface area contributed by atoms with E-state index < -0.39 is 0 Å². The second-order valence-corrected chi connectivity index (χ2v) is 5.61. The number of nitrogens with zero attached hydrogens (tertiary/aromatic N) is 2. The molecule has 0 unspecified atom stereocenters. The van der Waals surface area contributed by atoms with Gasteiger partial charge in [0.25, 0.3) is 0 Å². The summed E-state index contributed by atoms with van der Waals surface area (Å²) in [7, 11) is 0. The van der Waals surface area contributed by atoms with Crippen LogP contribution in [0.15, 0.2) is 42.6 Å². The molecule has 0 saturated heterocycles. The maximum Gasteiger partial charge on any atom is 0.152 e. The molecule has 1 aromatic heterocycles. The average Bonchev–Trinajstić information content (AvgIpc) is 2.99. The van der Waals surface area contributed by atoms with Crippen LogP contribution < -0.4 is 5.32 Å². The van der Waals surface area contributed by atoms with Crippen LogP contribution >= 0.6 is 0 Å². The summed E-state index contributed by atoms with van der Waals surface area (Å²) >= 11 is 0. The second-order valence-electron chi connectivity index (χ2n) is 5.61. The number of benzene rings is 2. The first-order valence-corrected chi connectivity index (χ1v) is 7.44. The van der Waals surface area contributed by atoms with E-state index in [1.807, 2.05) is 47.3 Å². The van der Waals surface area contributed by atoms with E-state index >= 15 is 0 Å². The lowest BCUT2D eigenvalue weighted by atomic mass is 9.99. The average molecular weight is 290 g/mol. The van der Waals surface area contributed by atoms with Gasteiger partial charge in [0.15, 0.2) is 5.82 Å². The summed E-state index contributed by atoms with van der Waals surface area (Å²) in [5.41, 5.74) is 6.97. The Hall–Kier alpha value is -2.55. The molecule has 0 spiro atoms. The van der Waals surface area contributed by atoms with Crippen molar-refractivity contribution < 1.29 is 0 Å². The Morgan fingerprint density at radius 3 is 2.18 bits per heavy atom. The largest absolute Gasteiger partial charge is 0.338 e. The van der Waals surface area contributed by atoms with Gasteiger partial charge in [0.05, 0.1) is 5.69 Å². The fourth-order valence-corrected chi connectivity index (χ4v) is 2.56. The lowest BCUT2D eigenvalue weighted by Crippen LogP contribution is -2.02. The van der Waals surface area contributed by atoms with Gasteiger partial charge in [-0.3, -0.25) is 0 Å². The molecule has 0 fully saturated rings. The van der Waals surface area contributed by atoms with Crippen molar-refractivity contribution in [1.29, 1.82) is 0 Å².